The van der Waals surface area contributed by atoms with Crippen molar-refractivity contribution in [2.45, 2.75) is 13.8 Å². The zero-order chi connectivity index (χ0) is 16.1. The van der Waals surface area contributed by atoms with Gasteiger partial charge in [-0.25, -0.2) is 0 Å². The van der Waals surface area contributed by atoms with Crippen molar-refractivity contribution in [3.05, 3.63) is 51.6 Å². The fourth-order valence-corrected chi connectivity index (χ4v) is 2.38. The van der Waals surface area contributed by atoms with Gasteiger partial charge in [-0.2, -0.15) is 0 Å². The maximum absolute atomic E-state index is 12.4. The first kappa shape index (κ1) is 16.2. The van der Waals surface area contributed by atoms with E-state index in [0.717, 1.165) is 19.6 Å². The van der Waals surface area contributed by atoms with Crippen LogP contribution in [0.1, 0.15) is 24.2 Å². The van der Waals surface area contributed by atoms with E-state index in [1.807, 2.05) is 0 Å². The topological polar surface area (TPSA) is 66.7 Å². The van der Waals surface area contributed by atoms with Crippen molar-refractivity contribution >= 4 is 11.6 Å². The monoisotopic (exact) mass is 303 g/mol. The van der Waals surface area contributed by atoms with Crippen molar-refractivity contribution in [2.75, 3.05) is 32.7 Å². The summed E-state index contributed by atoms with van der Waals surface area (Å²) >= 11 is 0. The summed E-state index contributed by atoms with van der Waals surface area (Å²) < 4.78 is 0. The molecule has 2 rings (SSSR count). The fourth-order valence-electron chi connectivity index (χ4n) is 2.38. The van der Waals surface area contributed by atoms with Gasteiger partial charge in [0.15, 0.2) is 0 Å². The molecule has 0 aliphatic carbocycles. The van der Waals surface area contributed by atoms with Crippen molar-refractivity contribution in [1.82, 2.24) is 9.80 Å². The predicted molar refractivity (Wildman–Crippen MR) is 84.9 cm³/mol. The van der Waals surface area contributed by atoms with Gasteiger partial charge >= 0.3 is 0 Å². The second-order valence-electron chi connectivity index (χ2n) is 5.68. The summed E-state index contributed by atoms with van der Waals surface area (Å²) in [4.78, 5) is 26.8. The van der Waals surface area contributed by atoms with Crippen molar-refractivity contribution in [2.24, 2.45) is 0 Å². The Kier molecular flexibility index (Phi) is 5.27. The third kappa shape index (κ3) is 4.14. The predicted octanol–water partition coefficient (Wildman–Crippen LogP) is 2.32. The number of allylic oxidation sites excluding steroid dienone is 1. The van der Waals surface area contributed by atoms with Crippen LogP contribution in [0.25, 0.3) is 0 Å². The fraction of sp³-hybridized carbons (Fsp3) is 0.438. The summed E-state index contributed by atoms with van der Waals surface area (Å²) in [6, 6.07) is 5.92. The number of hydrogen-bond acceptors (Lipinski definition) is 4. The summed E-state index contributed by atoms with van der Waals surface area (Å²) in [5.74, 6) is -0.134. The lowest BCUT2D eigenvalue weighted by atomic mass is 10.1. The highest BCUT2D eigenvalue weighted by Crippen LogP contribution is 2.16. The minimum atomic E-state index is -0.478. The molecule has 1 saturated heterocycles. The molecule has 0 unspecified atom stereocenters. The van der Waals surface area contributed by atoms with Gasteiger partial charge in [-0.05, 0) is 19.9 Å². The van der Waals surface area contributed by atoms with Crippen LogP contribution in [0.5, 0.6) is 0 Å². The summed E-state index contributed by atoms with van der Waals surface area (Å²) in [5, 5.41) is 10.8. The molecule has 0 N–H and O–H groups in total. The molecule has 1 aliphatic heterocycles. The first-order valence-corrected chi connectivity index (χ1v) is 7.37. The number of carbonyl (C=O) groups excluding carboxylic acids is 1. The minimum absolute atomic E-state index is 0.0481. The summed E-state index contributed by atoms with van der Waals surface area (Å²) in [5.41, 5.74) is 1.62. The number of nitro groups is 1. The standard InChI is InChI=1S/C16H21N3O3/c1-13(2)6-7-17-8-10-18(11-9-17)16(20)14-4-3-5-15(12-14)19(21)22/h3-6,12H,7-11H2,1-2H3. The van der Waals surface area contributed by atoms with Gasteiger partial charge in [0, 0.05) is 50.4 Å². The van der Waals surface area contributed by atoms with Crippen LogP contribution in [-0.2, 0) is 0 Å². The third-order valence-electron chi connectivity index (χ3n) is 3.72. The van der Waals surface area contributed by atoms with E-state index in [1.165, 1.54) is 17.7 Å². The number of piperazine rings is 1. The highest BCUT2D eigenvalue weighted by molar-refractivity contribution is 5.94. The third-order valence-corrected chi connectivity index (χ3v) is 3.72. The Hall–Kier alpha value is -2.21. The van der Waals surface area contributed by atoms with Crippen molar-refractivity contribution in [1.29, 1.82) is 0 Å². The van der Waals surface area contributed by atoms with Crippen LogP contribution in [-0.4, -0.2) is 53.4 Å². The molecule has 1 heterocycles. The molecule has 22 heavy (non-hydrogen) atoms. The number of hydrogen-bond donors (Lipinski definition) is 0. The molecule has 0 aromatic heterocycles. The smallest absolute Gasteiger partial charge is 0.270 e. The average Bonchev–Trinajstić information content (AvgIpc) is 2.53. The quantitative estimate of drug-likeness (QED) is 0.486. The van der Waals surface area contributed by atoms with Crippen LogP contribution in [0, 0.1) is 10.1 Å². The maximum atomic E-state index is 12.4. The van der Waals surface area contributed by atoms with Gasteiger partial charge in [-0.1, -0.05) is 17.7 Å². The number of non-ortho nitro benzene ring substituents is 1. The SMILES string of the molecule is CC(C)=CCN1CCN(C(=O)c2cccc([N+](=O)[O-])c2)CC1. The Labute approximate surface area is 130 Å². The van der Waals surface area contributed by atoms with Crippen molar-refractivity contribution in [3.63, 3.8) is 0 Å². The molecule has 1 fully saturated rings. The maximum Gasteiger partial charge on any atom is 0.270 e. The van der Waals surface area contributed by atoms with E-state index in [-0.39, 0.29) is 11.6 Å². The number of rotatable bonds is 4. The van der Waals surface area contributed by atoms with Crippen LogP contribution < -0.4 is 0 Å². The highest BCUT2D eigenvalue weighted by Gasteiger charge is 2.22. The lowest BCUT2D eigenvalue weighted by molar-refractivity contribution is -0.384. The lowest BCUT2D eigenvalue weighted by Crippen LogP contribution is -2.48. The summed E-state index contributed by atoms with van der Waals surface area (Å²) in [6.45, 7) is 8.00. The van der Waals surface area contributed by atoms with Crippen LogP contribution in [0.15, 0.2) is 35.9 Å². The number of nitro benzene ring substituents is 1. The largest absolute Gasteiger partial charge is 0.336 e. The molecule has 0 atom stereocenters. The van der Waals surface area contributed by atoms with Crippen LogP contribution in [0.4, 0.5) is 5.69 Å². The normalized spacial score (nSPS) is 15.5. The molecule has 0 spiro atoms. The zero-order valence-electron chi connectivity index (χ0n) is 13.0. The van der Waals surface area contributed by atoms with E-state index >= 15 is 0 Å². The van der Waals surface area contributed by atoms with Gasteiger partial charge in [-0.3, -0.25) is 19.8 Å². The highest BCUT2D eigenvalue weighted by atomic mass is 16.6. The van der Waals surface area contributed by atoms with Gasteiger partial charge in [0.1, 0.15) is 0 Å². The van der Waals surface area contributed by atoms with Crippen LogP contribution in [0.2, 0.25) is 0 Å². The van der Waals surface area contributed by atoms with E-state index in [2.05, 4.69) is 24.8 Å². The first-order valence-electron chi connectivity index (χ1n) is 7.37. The number of benzene rings is 1. The number of nitrogens with zero attached hydrogens (tertiary/aromatic N) is 3. The molecular formula is C16H21N3O3. The first-order chi connectivity index (χ1) is 10.5. The second kappa shape index (κ2) is 7.17. The molecule has 1 aromatic rings. The molecule has 1 aliphatic rings. The summed E-state index contributed by atoms with van der Waals surface area (Å²) in [6.07, 6.45) is 2.18. The lowest BCUT2D eigenvalue weighted by Gasteiger charge is -2.34. The minimum Gasteiger partial charge on any atom is -0.336 e. The number of amides is 1. The second-order valence-corrected chi connectivity index (χ2v) is 5.68. The van der Waals surface area contributed by atoms with Crippen LogP contribution >= 0.6 is 0 Å². The van der Waals surface area contributed by atoms with E-state index in [0.29, 0.717) is 18.7 Å². The molecule has 118 valence electrons. The van der Waals surface area contributed by atoms with Crippen molar-refractivity contribution in [3.8, 4) is 0 Å². The Morgan fingerprint density at radius 2 is 1.95 bits per heavy atom. The van der Waals surface area contributed by atoms with Crippen molar-refractivity contribution < 1.29 is 9.72 Å². The van der Waals surface area contributed by atoms with Gasteiger partial charge in [-0.15, -0.1) is 0 Å². The Morgan fingerprint density at radius 3 is 2.55 bits per heavy atom. The van der Waals surface area contributed by atoms with E-state index in [1.54, 1.807) is 17.0 Å². The van der Waals surface area contributed by atoms with Gasteiger partial charge in [0.2, 0.25) is 0 Å². The molecule has 1 aromatic carbocycles. The van der Waals surface area contributed by atoms with Crippen LogP contribution in [0.3, 0.4) is 0 Å². The van der Waals surface area contributed by atoms with E-state index < -0.39 is 4.92 Å². The number of carbonyl (C=O) groups is 1. The molecule has 6 heteroatoms. The van der Waals surface area contributed by atoms with Gasteiger partial charge < -0.3 is 4.90 Å². The van der Waals surface area contributed by atoms with Gasteiger partial charge in [0.05, 0.1) is 4.92 Å². The Bertz CT molecular complexity index is 586. The Balaban J connectivity index is 1.96. The molecule has 0 radical (unpaired) electrons. The molecule has 0 saturated carbocycles. The summed E-state index contributed by atoms with van der Waals surface area (Å²) in [7, 11) is 0. The molecule has 1 amide bonds. The molecule has 0 bridgehead atoms. The molecule has 6 nitrogen and oxygen atoms in total. The average molecular weight is 303 g/mol. The Morgan fingerprint density at radius 1 is 1.27 bits per heavy atom. The van der Waals surface area contributed by atoms with E-state index in [9.17, 15) is 14.9 Å². The van der Waals surface area contributed by atoms with Gasteiger partial charge in [0.25, 0.3) is 11.6 Å². The zero-order valence-corrected chi connectivity index (χ0v) is 13.0. The van der Waals surface area contributed by atoms with E-state index in [4.69, 9.17) is 0 Å². The molecular weight excluding hydrogens is 282 g/mol.